The van der Waals surface area contributed by atoms with Gasteiger partial charge in [-0.05, 0) is 18.9 Å². The van der Waals surface area contributed by atoms with Gasteiger partial charge in [-0.3, -0.25) is 4.79 Å². The minimum absolute atomic E-state index is 0.550. The molecule has 94 valence electrons. The van der Waals surface area contributed by atoms with E-state index < -0.39 is 12.0 Å². The molecule has 0 aromatic heterocycles. The van der Waals surface area contributed by atoms with Gasteiger partial charge in [0.15, 0.2) is 0 Å². The van der Waals surface area contributed by atoms with E-state index in [4.69, 9.17) is 0 Å². The van der Waals surface area contributed by atoms with E-state index in [1.54, 1.807) is 0 Å². The molecular weight excluding hydrogens is 217 g/mol. The Kier molecular flexibility index (Phi) is 7.95. The van der Waals surface area contributed by atoms with Crippen molar-refractivity contribution < 1.29 is 18.0 Å². The van der Waals surface area contributed by atoms with Crippen molar-refractivity contribution in [3.63, 3.8) is 0 Å². The average Bonchev–Trinajstić information content (AvgIpc) is 2.20. The number of hydrogen-bond acceptors (Lipinski definition) is 1. The summed E-state index contributed by atoms with van der Waals surface area (Å²) in [7, 11) is 0. The molecule has 0 spiro atoms. The molecule has 0 saturated carbocycles. The fourth-order valence-electron chi connectivity index (χ4n) is 1.33. The maximum Gasteiger partial charge on any atom is 0.454 e. The third-order valence-electron chi connectivity index (χ3n) is 2.27. The number of alkyl halides is 3. The summed E-state index contributed by atoms with van der Waals surface area (Å²) in [5.41, 5.74) is 0. The van der Waals surface area contributed by atoms with Crippen LogP contribution in [0.3, 0.4) is 0 Å². The smallest absolute Gasteiger partial charge is 0.285 e. The van der Waals surface area contributed by atoms with Crippen LogP contribution in [-0.4, -0.2) is 12.0 Å². The van der Waals surface area contributed by atoms with Gasteiger partial charge in [-0.2, -0.15) is 13.2 Å². The van der Waals surface area contributed by atoms with Gasteiger partial charge in [0, 0.05) is 0 Å². The summed E-state index contributed by atoms with van der Waals surface area (Å²) in [5.74, 6) is -1.77. The molecule has 0 amide bonds. The second-order valence-corrected chi connectivity index (χ2v) is 3.82. The number of halogens is 3. The van der Waals surface area contributed by atoms with E-state index in [1.165, 1.54) is 25.3 Å². The number of allylic oxidation sites excluding steroid dienone is 2. The molecule has 0 atom stereocenters. The van der Waals surface area contributed by atoms with Crippen LogP contribution in [0.25, 0.3) is 0 Å². The minimum atomic E-state index is -4.72. The summed E-state index contributed by atoms with van der Waals surface area (Å²) in [6.07, 6.45) is 4.34. The largest absolute Gasteiger partial charge is 0.454 e. The van der Waals surface area contributed by atoms with Crippen molar-refractivity contribution in [1.82, 2.24) is 0 Å². The summed E-state index contributed by atoms with van der Waals surface area (Å²) in [6, 6.07) is 0. The van der Waals surface area contributed by atoms with Crippen LogP contribution in [0.5, 0.6) is 0 Å². The minimum Gasteiger partial charge on any atom is -0.285 e. The maximum atomic E-state index is 11.8. The summed E-state index contributed by atoms with van der Waals surface area (Å²) in [6.45, 7) is 2.13. The third kappa shape index (κ3) is 8.50. The van der Waals surface area contributed by atoms with Crippen LogP contribution in [0, 0.1) is 0 Å². The predicted molar refractivity (Wildman–Crippen MR) is 58.2 cm³/mol. The summed E-state index contributed by atoms with van der Waals surface area (Å²) < 4.78 is 35.3. The zero-order valence-corrected chi connectivity index (χ0v) is 9.65. The van der Waals surface area contributed by atoms with Gasteiger partial charge in [-0.25, -0.2) is 0 Å². The molecule has 1 nitrogen and oxygen atoms in total. The van der Waals surface area contributed by atoms with Gasteiger partial charge in [0.25, 0.3) is 5.78 Å². The molecule has 4 heteroatoms. The molecule has 0 aromatic rings. The van der Waals surface area contributed by atoms with Crippen molar-refractivity contribution >= 4 is 5.78 Å². The first-order chi connectivity index (χ1) is 7.48. The van der Waals surface area contributed by atoms with Crippen LogP contribution in [0.2, 0.25) is 0 Å². The van der Waals surface area contributed by atoms with E-state index in [0.717, 1.165) is 19.3 Å². The van der Waals surface area contributed by atoms with Gasteiger partial charge in [0.2, 0.25) is 0 Å². The van der Waals surface area contributed by atoms with Crippen molar-refractivity contribution in [1.29, 1.82) is 0 Å². The van der Waals surface area contributed by atoms with Gasteiger partial charge in [-0.15, -0.1) is 0 Å². The van der Waals surface area contributed by atoms with E-state index in [9.17, 15) is 18.0 Å². The SMILES string of the molecule is CCCCCCCC/C=C/C(=O)C(F)(F)F. The summed E-state index contributed by atoms with van der Waals surface area (Å²) >= 11 is 0. The van der Waals surface area contributed by atoms with Crippen molar-refractivity contribution in [3.8, 4) is 0 Å². The summed E-state index contributed by atoms with van der Waals surface area (Å²) in [4.78, 5) is 10.4. The van der Waals surface area contributed by atoms with Gasteiger partial charge in [0.1, 0.15) is 0 Å². The molecule has 0 aliphatic carbocycles. The molecule has 0 radical (unpaired) electrons. The Morgan fingerprint density at radius 3 is 2.19 bits per heavy atom. The molecule has 0 aromatic carbocycles. The molecule has 0 N–H and O–H groups in total. The van der Waals surface area contributed by atoms with Crippen molar-refractivity contribution in [2.24, 2.45) is 0 Å². The van der Waals surface area contributed by atoms with Crippen LogP contribution in [0.1, 0.15) is 51.9 Å². The lowest BCUT2D eigenvalue weighted by atomic mass is 10.1. The zero-order valence-electron chi connectivity index (χ0n) is 9.65. The van der Waals surface area contributed by atoms with Gasteiger partial charge in [-0.1, -0.05) is 45.1 Å². The number of hydrogen-bond donors (Lipinski definition) is 0. The highest BCUT2D eigenvalue weighted by Crippen LogP contribution is 2.16. The lowest BCUT2D eigenvalue weighted by Crippen LogP contribution is -2.19. The first-order valence-electron chi connectivity index (χ1n) is 5.76. The molecule has 0 rings (SSSR count). The highest BCUT2D eigenvalue weighted by molar-refractivity contribution is 5.94. The zero-order chi connectivity index (χ0) is 12.4. The fourth-order valence-corrected chi connectivity index (χ4v) is 1.33. The van der Waals surface area contributed by atoms with Gasteiger partial charge >= 0.3 is 6.18 Å². The number of unbranched alkanes of at least 4 members (excludes halogenated alkanes) is 6. The van der Waals surface area contributed by atoms with Crippen molar-refractivity contribution in [2.75, 3.05) is 0 Å². The van der Waals surface area contributed by atoms with Crippen LogP contribution >= 0.6 is 0 Å². The van der Waals surface area contributed by atoms with Gasteiger partial charge < -0.3 is 0 Å². The molecular formula is C12H19F3O. The third-order valence-corrected chi connectivity index (χ3v) is 2.27. The molecule has 0 bridgehead atoms. The molecule has 0 aliphatic rings. The van der Waals surface area contributed by atoms with E-state index in [1.807, 2.05) is 0 Å². The number of ketones is 1. The highest BCUT2D eigenvalue weighted by Gasteiger charge is 2.35. The number of carbonyl (C=O) groups is 1. The Labute approximate surface area is 94.7 Å². The van der Waals surface area contributed by atoms with E-state index >= 15 is 0 Å². The maximum absolute atomic E-state index is 11.8. The Balaban J connectivity index is 3.45. The van der Waals surface area contributed by atoms with Crippen LogP contribution in [0.4, 0.5) is 13.2 Å². The lowest BCUT2D eigenvalue weighted by Gasteiger charge is -1.99. The average molecular weight is 236 g/mol. The number of carbonyl (C=O) groups excluding carboxylic acids is 1. The Morgan fingerprint density at radius 1 is 1.06 bits per heavy atom. The quantitative estimate of drug-likeness (QED) is 0.450. The molecule has 16 heavy (non-hydrogen) atoms. The van der Waals surface area contributed by atoms with Gasteiger partial charge in [0.05, 0.1) is 0 Å². The lowest BCUT2D eigenvalue weighted by molar-refractivity contribution is -0.165. The highest BCUT2D eigenvalue weighted by atomic mass is 19.4. The summed E-state index contributed by atoms with van der Waals surface area (Å²) in [5, 5.41) is 0. The Morgan fingerprint density at radius 2 is 1.62 bits per heavy atom. The molecule has 0 fully saturated rings. The molecule has 0 aliphatic heterocycles. The monoisotopic (exact) mass is 236 g/mol. The normalized spacial score (nSPS) is 12.2. The van der Waals surface area contributed by atoms with E-state index in [0.29, 0.717) is 12.5 Å². The van der Waals surface area contributed by atoms with E-state index in [2.05, 4.69) is 6.92 Å². The van der Waals surface area contributed by atoms with Crippen LogP contribution < -0.4 is 0 Å². The topological polar surface area (TPSA) is 17.1 Å². The van der Waals surface area contributed by atoms with Crippen molar-refractivity contribution in [2.45, 2.75) is 58.0 Å². The molecule has 0 unspecified atom stereocenters. The second-order valence-electron chi connectivity index (χ2n) is 3.82. The van der Waals surface area contributed by atoms with E-state index in [-0.39, 0.29) is 0 Å². The molecule has 0 saturated heterocycles. The predicted octanol–water partition coefficient (Wildman–Crippen LogP) is 4.42. The standard InChI is InChI=1S/C12H19F3O/c1-2-3-4-5-6-7-8-9-10-11(16)12(13,14)15/h9-10H,2-8H2,1H3/b10-9+. The first-order valence-corrected chi connectivity index (χ1v) is 5.76. The Bertz CT molecular complexity index is 219. The molecule has 0 heterocycles. The number of rotatable bonds is 8. The first kappa shape index (κ1) is 15.2. The van der Waals surface area contributed by atoms with Crippen LogP contribution in [-0.2, 0) is 4.79 Å². The Hall–Kier alpha value is -0.800. The second kappa shape index (κ2) is 8.36. The van der Waals surface area contributed by atoms with Crippen LogP contribution in [0.15, 0.2) is 12.2 Å². The fraction of sp³-hybridized carbons (Fsp3) is 0.750. The van der Waals surface area contributed by atoms with Crippen molar-refractivity contribution in [3.05, 3.63) is 12.2 Å².